The number of carbonyl (C=O) groups excluding carboxylic acids is 3. The maximum atomic E-state index is 12.9. The summed E-state index contributed by atoms with van der Waals surface area (Å²) in [4.78, 5) is 43.3. The Morgan fingerprint density at radius 1 is 1.07 bits per heavy atom. The summed E-state index contributed by atoms with van der Waals surface area (Å²) in [5.74, 6) is -1.20. The number of rotatable bonds is 3. The van der Waals surface area contributed by atoms with Gasteiger partial charge in [-0.2, -0.15) is 0 Å². The van der Waals surface area contributed by atoms with E-state index in [4.69, 9.17) is 18.6 Å². The van der Waals surface area contributed by atoms with Crippen LogP contribution in [-0.4, -0.2) is 40.9 Å². The molecule has 0 unspecified atom stereocenters. The first kappa shape index (κ1) is 23.7. The van der Waals surface area contributed by atoms with E-state index in [1.165, 1.54) is 6.20 Å². The lowest BCUT2D eigenvalue weighted by Gasteiger charge is -2.27. The van der Waals surface area contributed by atoms with E-state index in [9.17, 15) is 14.4 Å². The largest absolute Gasteiger partial charge is 0.462 e. The lowest BCUT2D eigenvalue weighted by Crippen LogP contribution is -2.44. The summed E-state index contributed by atoms with van der Waals surface area (Å²) in [6.45, 7) is 11.5. The third kappa shape index (κ3) is 5.71. The van der Waals surface area contributed by atoms with Crippen LogP contribution in [0.15, 0.2) is 21.2 Å². The lowest BCUT2D eigenvalue weighted by atomic mass is 10.2. The molecule has 2 aromatic heterocycles. The number of amides is 2. The molecule has 2 rings (SSSR count). The summed E-state index contributed by atoms with van der Waals surface area (Å²) in [6.07, 6.45) is -0.684. The second kappa shape index (κ2) is 8.63. The molecule has 0 saturated heterocycles. The van der Waals surface area contributed by atoms with E-state index in [2.05, 4.69) is 20.9 Å². The highest BCUT2D eigenvalue weighted by Gasteiger charge is 2.39. The van der Waals surface area contributed by atoms with Gasteiger partial charge in [0.25, 0.3) is 0 Å². The normalized spacial score (nSPS) is 11.9. The number of nitrogens with zero attached hydrogens (tertiary/aromatic N) is 2. The van der Waals surface area contributed by atoms with Gasteiger partial charge in [0.1, 0.15) is 16.7 Å². The highest BCUT2D eigenvalue weighted by Crippen LogP contribution is 2.35. The molecule has 10 heteroatoms. The van der Waals surface area contributed by atoms with Crippen LogP contribution in [0.4, 0.5) is 15.5 Å². The molecule has 0 saturated carbocycles. The molecule has 2 heterocycles. The van der Waals surface area contributed by atoms with Crippen LogP contribution >= 0.6 is 15.9 Å². The van der Waals surface area contributed by atoms with Gasteiger partial charge < -0.3 is 18.6 Å². The minimum atomic E-state index is -1.07. The van der Waals surface area contributed by atoms with Gasteiger partial charge in [0.2, 0.25) is 5.88 Å². The molecule has 0 aliphatic rings. The number of furan rings is 1. The summed E-state index contributed by atoms with van der Waals surface area (Å²) < 4.78 is 22.1. The van der Waals surface area contributed by atoms with E-state index in [0.717, 1.165) is 0 Å². The number of aromatic nitrogens is 1. The third-order valence-electron chi connectivity index (χ3n) is 3.31. The van der Waals surface area contributed by atoms with Crippen LogP contribution in [0, 0.1) is 0 Å². The molecule has 0 aromatic carbocycles. The van der Waals surface area contributed by atoms with Gasteiger partial charge in [0.05, 0.1) is 6.61 Å². The van der Waals surface area contributed by atoms with Crippen molar-refractivity contribution in [3.05, 3.63) is 22.3 Å². The monoisotopic (exact) mass is 484 g/mol. The highest BCUT2D eigenvalue weighted by atomic mass is 79.9. The number of halogens is 1. The van der Waals surface area contributed by atoms with Gasteiger partial charge in [-0.1, -0.05) is 0 Å². The fraction of sp³-hybridized carbons (Fsp3) is 0.500. The van der Waals surface area contributed by atoms with Crippen molar-refractivity contribution < 1.29 is 33.0 Å². The predicted octanol–water partition coefficient (Wildman–Crippen LogP) is 5.44. The Hall–Kier alpha value is -2.62. The molecule has 9 nitrogen and oxygen atoms in total. The molecule has 2 aromatic rings. The van der Waals surface area contributed by atoms with Crippen LogP contribution in [0.3, 0.4) is 0 Å². The van der Waals surface area contributed by atoms with Crippen molar-refractivity contribution in [3.63, 3.8) is 0 Å². The first-order valence-corrected chi connectivity index (χ1v) is 10.0. The van der Waals surface area contributed by atoms with E-state index in [0.29, 0.717) is 9.37 Å². The third-order valence-corrected chi connectivity index (χ3v) is 3.75. The quantitative estimate of drug-likeness (QED) is 0.418. The Morgan fingerprint density at radius 2 is 1.60 bits per heavy atom. The Balaban J connectivity index is 2.72. The van der Waals surface area contributed by atoms with Crippen molar-refractivity contribution in [2.45, 2.75) is 59.7 Å². The smallest absolute Gasteiger partial charge is 0.427 e. The summed E-state index contributed by atoms with van der Waals surface area (Å²) in [5.41, 5.74) is -1.73. The van der Waals surface area contributed by atoms with Gasteiger partial charge in [0, 0.05) is 10.7 Å². The fourth-order valence-electron chi connectivity index (χ4n) is 2.34. The summed E-state index contributed by atoms with van der Waals surface area (Å²) >= 11 is 3.27. The first-order valence-electron chi connectivity index (χ1n) is 9.24. The Kier molecular flexibility index (Phi) is 6.80. The van der Waals surface area contributed by atoms with E-state index in [1.807, 2.05) is 0 Å². The molecule has 0 bridgehead atoms. The molecule has 2 amide bonds. The fourth-order valence-corrected chi connectivity index (χ4v) is 2.65. The number of imide groups is 1. The summed E-state index contributed by atoms with van der Waals surface area (Å²) in [6, 6.07) is 1.55. The van der Waals surface area contributed by atoms with Gasteiger partial charge in [-0.25, -0.2) is 14.4 Å². The zero-order chi connectivity index (χ0) is 22.9. The van der Waals surface area contributed by atoms with Crippen molar-refractivity contribution in [2.24, 2.45) is 0 Å². The summed E-state index contributed by atoms with van der Waals surface area (Å²) in [7, 11) is 0. The maximum absolute atomic E-state index is 12.9. The van der Waals surface area contributed by atoms with E-state index in [-0.39, 0.29) is 23.3 Å². The number of hydrogen-bond donors (Lipinski definition) is 0. The number of hydrogen-bond acceptors (Lipinski definition) is 8. The minimum Gasteiger partial charge on any atom is -0.462 e. The number of fused-ring (bicyclic) bond motifs is 1. The molecule has 164 valence electrons. The summed E-state index contributed by atoms with van der Waals surface area (Å²) in [5, 5.41) is 0. The van der Waals surface area contributed by atoms with Gasteiger partial charge >= 0.3 is 18.2 Å². The number of anilines is 1. The number of esters is 1. The lowest BCUT2D eigenvalue weighted by molar-refractivity contribution is 0.0422. The topological polar surface area (TPSA) is 108 Å². The van der Waals surface area contributed by atoms with Crippen LogP contribution in [0.2, 0.25) is 0 Å². The van der Waals surface area contributed by atoms with Crippen molar-refractivity contribution in [3.8, 4) is 0 Å². The van der Waals surface area contributed by atoms with Gasteiger partial charge in [0.15, 0.2) is 11.1 Å². The molecule has 0 spiro atoms. The second-order valence-corrected chi connectivity index (χ2v) is 9.21. The van der Waals surface area contributed by atoms with Gasteiger partial charge in [-0.3, -0.25) is 4.98 Å². The molecule has 0 aliphatic heterocycles. The maximum Gasteiger partial charge on any atom is 0.427 e. The Bertz CT molecular complexity index is 942. The first-order chi connectivity index (χ1) is 13.7. The number of ether oxygens (including phenoxy) is 3. The van der Waals surface area contributed by atoms with Crippen LogP contribution in [0.5, 0.6) is 0 Å². The number of carbonyl (C=O) groups is 3. The van der Waals surface area contributed by atoms with Crippen LogP contribution in [0.1, 0.15) is 58.8 Å². The van der Waals surface area contributed by atoms with Crippen molar-refractivity contribution in [2.75, 3.05) is 11.5 Å². The second-order valence-electron chi connectivity index (χ2n) is 8.30. The molecule has 0 aliphatic carbocycles. The molecule has 30 heavy (non-hydrogen) atoms. The zero-order valence-electron chi connectivity index (χ0n) is 18.0. The van der Waals surface area contributed by atoms with Crippen LogP contribution in [-0.2, 0) is 14.2 Å². The average molecular weight is 485 g/mol. The average Bonchev–Trinajstić information content (AvgIpc) is 2.89. The zero-order valence-corrected chi connectivity index (χ0v) is 19.6. The molecular formula is C20H25BrN2O7. The predicted molar refractivity (Wildman–Crippen MR) is 113 cm³/mol. The molecule has 0 N–H and O–H groups in total. The van der Waals surface area contributed by atoms with Crippen molar-refractivity contribution in [1.29, 1.82) is 0 Å². The molecular weight excluding hydrogens is 460 g/mol. The van der Waals surface area contributed by atoms with Gasteiger partial charge in [-0.15, -0.1) is 4.90 Å². The minimum absolute atomic E-state index is 0.0698. The molecule has 0 radical (unpaired) electrons. The van der Waals surface area contributed by atoms with E-state index >= 15 is 0 Å². The molecule has 0 atom stereocenters. The van der Waals surface area contributed by atoms with Crippen molar-refractivity contribution >= 4 is 51.1 Å². The van der Waals surface area contributed by atoms with Crippen molar-refractivity contribution in [1.82, 2.24) is 4.98 Å². The van der Waals surface area contributed by atoms with Crippen LogP contribution < -0.4 is 4.90 Å². The highest BCUT2D eigenvalue weighted by molar-refractivity contribution is 9.10. The van der Waals surface area contributed by atoms with Gasteiger partial charge in [-0.05, 0) is 70.5 Å². The van der Waals surface area contributed by atoms with E-state index < -0.39 is 35.2 Å². The molecule has 0 fully saturated rings. The van der Waals surface area contributed by atoms with E-state index in [1.54, 1.807) is 54.5 Å². The Labute approximate surface area is 182 Å². The standard InChI is InChI=1S/C20H25BrN2O7/c1-8-27-16(24)13-14-12(9-11(21)10-22-14)28-15(13)23(17(25)29-19(2,3)4)18(26)30-20(5,6)7/h9-10H,8H2,1-7H3. The SMILES string of the molecule is CCOC(=O)c1c(N(C(=O)OC(C)(C)C)C(=O)OC(C)(C)C)oc2cc(Br)cnc12. The van der Waals surface area contributed by atoms with Crippen LogP contribution in [0.25, 0.3) is 11.1 Å². The number of pyridine rings is 1. The Morgan fingerprint density at radius 3 is 2.07 bits per heavy atom.